The number of carbonyl (C=O) groups is 1. The van der Waals surface area contributed by atoms with Gasteiger partial charge in [0.1, 0.15) is 0 Å². The van der Waals surface area contributed by atoms with Gasteiger partial charge in [-0.25, -0.2) is 14.8 Å². The van der Waals surface area contributed by atoms with Crippen molar-refractivity contribution >= 4 is 17.6 Å². The number of benzene rings is 1. The number of hydrogen-bond donors (Lipinski definition) is 2. The highest BCUT2D eigenvalue weighted by Crippen LogP contribution is 2.24. The third kappa shape index (κ3) is 2.77. The number of carboxylic acid groups (broad SMARTS) is 1. The molecule has 20 heavy (non-hydrogen) atoms. The molecule has 0 radical (unpaired) electrons. The van der Waals surface area contributed by atoms with Crippen molar-refractivity contribution in [3.63, 3.8) is 0 Å². The van der Waals surface area contributed by atoms with Crippen LogP contribution in [-0.2, 0) is 6.42 Å². The van der Waals surface area contributed by atoms with Gasteiger partial charge in [-0.05, 0) is 31.4 Å². The molecule has 2 aromatic rings. The molecule has 5 nitrogen and oxygen atoms in total. The van der Waals surface area contributed by atoms with Gasteiger partial charge in [-0.3, -0.25) is 0 Å². The minimum absolute atomic E-state index is 0.121. The molecular formula is C15H17N3O2. The van der Waals surface area contributed by atoms with Crippen LogP contribution in [0.4, 0.5) is 11.6 Å². The van der Waals surface area contributed by atoms with E-state index in [0.717, 1.165) is 17.7 Å². The van der Waals surface area contributed by atoms with Gasteiger partial charge >= 0.3 is 5.97 Å². The molecule has 1 aromatic carbocycles. The van der Waals surface area contributed by atoms with E-state index < -0.39 is 5.97 Å². The van der Waals surface area contributed by atoms with Crippen molar-refractivity contribution in [2.75, 3.05) is 5.32 Å². The molecule has 0 saturated heterocycles. The molecule has 0 amide bonds. The first kappa shape index (κ1) is 14.0. The Bertz CT molecular complexity index is 654. The Morgan fingerprint density at radius 2 is 2.10 bits per heavy atom. The maximum Gasteiger partial charge on any atom is 0.339 e. The quantitative estimate of drug-likeness (QED) is 0.893. The van der Waals surface area contributed by atoms with Gasteiger partial charge in [0.25, 0.3) is 0 Å². The lowest BCUT2D eigenvalue weighted by Gasteiger charge is -2.13. The molecule has 0 saturated carbocycles. The highest BCUT2D eigenvalue weighted by atomic mass is 16.4. The molecule has 0 fully saturated rings. The predicted molar refractivity (Wildman–Crippen MR) is 77.6 cm³/mol. The van der Waals surface area contributed by atoms with Gasteiger partial charge < -0.3 is 10.4 Å². The monoisotopic (exact) mass is 271 g/mol. The minimum Gasteiger partial charge on any atom is -0.478 e. The lowest BCUT2D eigenvalue weighted by Crippen LogP contribution is -2.07. The molecule has 1 aromatic heterocycles. The van der Waals surface area contributed by atoms with Crippen LogP contribution in [0, 0.1) is 13.8 Å². The Hall–Kier alpha value is -2.43. The maximum atomic E-state index is 10.9. The van der Waals surface area contributed by atoms with Gasteiger partial charge in [-0.15, -0.1) is 0 Å². The van der Waals surface area contributed by atoms with Crippen molar-refractivity contribution in [2.45, 2.75) is 27.2 Å². The van der Waals surface area contributed by atoms with Crippen molar-refractivity contribution in [2.24, 2.45) is 0 Å². The van der Waals surface area contributed by atoms with Gasteiger partial charge in [-0.2, -0.15) is 0 Å². The number of anilines is 2. The first-order valence-electron chi connectivity index (χ1n) is 6.45. The second-order valence-electron chi connectivity index (χ2n) is 4.59. The summed E-state index contributed by atoms with van der Waals surface area (Å²) in [6, 6.07) is 6.08. The number of carboxylic acids is 1. The van der Waals surface area contributed by atoms with E-state index in [0.29, 0.717) is 11.6 Å². The molecule has 5 heteroatoms. The first-order valence-corrected chi connectivity index (χ1v) is 6.45. The molecule has 0 atom stereocenters. The summed E-state index contributed by atoms with van der Waals surface area (Å²) >= 11 is 0. The van der Waals surface area contributed by atoms with E-state index >= 15 is 0 Å². The third-order valence-electron chi connectivity index (χ3n) is 3.19. The fourth-order valence-electron chi connectivity index (χ4n) is 2.05. The highest BCUT2D eigenvalue weighted by molar-refractivity contribution is 5.88. The largest absolute Gasteiger partial charge is 0.478 e. The first-order chi connectivity index (χ1) is 9.52. The lowest BCUT2D eigenvalue weighted by atomic mass is 10.1. The van der Waals surface area contributed by atoms with Crippen LogP contribution >= 0.6 is 0 Å². The minimum atomic E-state index is -1.01. The number of hydrogen-bond acceptors (Lipinski definition) is 4. The number of nitrogens with zero attached hydrogens (tertiary/aromatic N) is 2. The second kappa shape index (κ2) is 5.69. The van der Waals surface area contributed by atoms with E-state index in [1.165, 1.54) is 11.8 Å². The molecular weight excluding hydrogens is 254 g/mol. The molecule has 1 heterocycles. The van der Waals surface area contributed by atoms with E-state index in [9.17, 15) is 4.79 Å². The fourth-order valence-corrected chi connectivity index (χ4v) is 2.05. The van der Waals surface area contributed by atoms with E-state index in [1.807, 2.05) is 25.1 Å². The van der Waals surface area contributed by atoms with Gasteiger partial charge in [0.05, 0.1) is 11.3 Å². The van der Waals surface area contributed by atoms with Crippen LogP contribution < -0.4 is 5.32 Å². The van der Waals surface area contributed by atoms with E-state index in [2.05, 4.69) is 22.2 Å². The summed E-state index contributed by atoms with van der Waals surface area (Å²) in [5, 5.41) is 12.2. The van der Waals surface area contributed by atoms with Crippen LogP contribution in [0.5, 0.6) is 0 Å². The third-order valence-corrected chi connectivity index (χ3v) is 3.19. The topological polar surface area (TPSA) is 75.1 Å². The Labute approximate surface area is 117 Å². The molecule has 2 N–H and O–H groups in total. The van der Waals surface area contributed by atoms with Gasteiger partial charge in [0.2, 0.25) is 5.95 Å². The normalized spacial score (nSPS) is 10.3. The predicted octanol–water partition coefficient (Wildman–Crippen LogP) is 3.10. The summed E-state index contributed by atoms with van der Waals surface area (Å²) in [7, 11) is 0. The molecule has 0 spiro atoms. The molecule has 0 aliphatic rings. The smallest absolute Gasteiger partial charge is 0.339 e. The summed E-state index contributed by atoms with van der Waals surface area (Å²) in [6.07, 6.45) is 2.23. The van der Waals surface area contributed by atoms with E-state index in [-0.39, 0.29) is 5.56 Å². The van der Waals surface area contributed by atoms with Crippen LogP contribution in [0.3, 0.4) is 0 Å². The van der Waals surface area contributed by atoms with Crippen LogP contribution in [0.15, 0.2) is 24.4 Å². The Balaban J connectivity index is 2.36. The van der Waals surface area contributed by atoms with Crippen molar-refractivity contribution in [1.29, 1.82) is 0 Å². The zero-order valence-corrected chi connectivity index (χ0v) is 11.8. The Kier molecular flexibility index (Phi) is 3.98. The molecule has 0 aliphatic carbocycles. The average Bonchev–Trinajstić information content (AvgIpc) is 2.40. The average molecular weight is 271 g/mol. The number of para-hydroxylation sites is 1. The zero-order chi connectivity index (χ0) is 14.7. The summed E-state index contributed by atoms with van der Waals surface area (Å²) < 4.78 is 0. The van der Waals surface area contributed by atoms with Crippen molar-refractivity contribution in [1.82, 2.24) is 9.97 Å². The standard InChI is InChI=1S/C15H17N3O2/c1-4-11-7-5-6-9(2)13(11)18-15-16-8-12(14(19)20)10(3)17-15/h5-8H,4H2,1-3H3,(H,19,20)(H,16,17,18). The number of aromatic nitrogens is 2. The molecule has 0 unspecified atom stereocenters. The van der Waals surface area contributed by atoms with Crippen LogP contribution in [-0.4, -0.2) is 21.0 Å². The maximum absolute atomic E-state index is 10.9. The molecule has 0 bridgehead atoms. The lowest BCUT2D eigenvalue weighted by molar-refractivity contribution is 0.0695. The van der Waals surface area contributed by atoms with E-state index in [4.69, 9.17) is 5.11 Å². The summed E-state index contributed by atoms with van der Waals surface area (Å²) in [5.41, 5.74) is 3.83. The fraction of sp³-hybridized carbons (Fsp3) is 0.267. The zero-order valence-electron chi connectivity index (χ0n) is 11.8. The molecule has 2 rings (SSSR count). The Morgan fingerprint density at radius 3 is 2.70 bits per heavy atom. The van der Waals surface area contributed by atoms with Crippen molar-refractivity contribution in [3.05, 3.63) is 46.8 Å². The van der Waals surface area contributed by atoms with Crippen LogP contribution in [0.25, 0.3) is 0 Å². The molecule has 0 aliphatic heterocycles. The SMILES string of the molecule is CCc1cccc(C)c1Nc1ncc(C(=O)O)c(C)n1. The molecule has 104 valence electrons. The summed E-state index contributed by atoms with van der Waals surface area (Å²) in [6.45, 7) is 5.76. The number of rotatable bonds is 4. The van der Waals surface area contributed by atoms with Crippen molar-refractivity contribution in [3.8, 4) is 0 Å². The van der Waals surface area contributed by atoms with Gasteiger partial charge in [0.15, 0.2) is 0 Å². The highest BCUT2D eigenvalue weighted by Gasteiger charge is 2.11. The van der Waals surface area contributed by atoms with Gasteiger partial charge in [0, 0.05) is 11.9 Å². The summed E-state index contributed by atoms with van der Waals surface area (Å²) in [4.78, 5) is 19.2. The van der Waals surface area contributed by atoms with Gasteiger partial charge in [-0.1, -0.05) is 25.1 Å². The summed E-state index contributed by atoms with van der Waals surface area (Å²) in [5.74, 6) is -0.601. The number of nitrogens with one attached hydrogen (secondary N) is 1. The second-order valence-corrected chi connectivity index (χ2v) is 4.59. The van der Waals surface area contributed by atoms with Crippen LogP contribution in [0.2, 0.25) is 0 Å². The number of aryl methyl sites for hydroxylation is 3. The Morgan fingerprint density at radius 1 is 1.35 bits per heavy atom. The van der Waals surface area contributed by atoms with E-state index in [1.54, 1.807) is 6.92 Å². The van der Waals surface area contributed by atoms with Crippen LogP contribution in [0.1, 0.15) is 34.1 Å². The number of aromatic carboxylic acids is 1. The van der Waals surface area contributed by atoms with Crippen molar-refractivity contribution < 1.29 is 9.90 Å².